The highest BCUT2D eigenvalue weighted by Crippen LogP contribution is 2.51. The lowest BCUT2D eigenvalue weighted by Crippen LogP contribution is -2.57. The standard InChI is InChI=1S/C15H24N4O2S/c1-10-12(9-18(3)17-10)22(20,21)19-8-11-7-15(2)13(16-11)5-4-6-14(15)19/h9,11,13-14,16H,4-8H2,1-3H3/t11-,13-,14+,15-/m0/s1. The van der Waals surface area contributed by atoms with Crippen LogP contribution in [0.15, 0.2) is 11.1 Å². The van der Waals surface area contributed by atoms with Crippen molar-refractivity contribution in [3.05, 3.63) is 11.9 Å². The van der Waals surface area contributed by atoms with Crippen LogP contribution in [0, 0.1) is 12.3 Å². The molecule has 0 amide bonds. The van der Waals surface area contributed by atoms with Gasteiger partial charge in [0.05, 0.1) is 5.69 Å². The van der Waals surface area contributed by atoms with Gasteiger partial charge in [0.2, 0.25) is 10.0 Å². The van der Waals surface area contributed by atoms with E-state index in [4.69, 9.17) is 0 Å². The molecule has 3 heterocycles. The van der Waals surface area contributed by atoms with E-state index >= 15 is 0 Å². The van der Waals surface area contributed by atoms with Gasteiger partial charge in [0.15, 0.2) is 0 Å². The predicted molar refractivity (Wildman–Crippen MR) is 82.9 cm³/mol. The fraction of sp³-hybridized carbons (Fsp3) is 0.800. The van der Waals surface area contributed by atoms with Crippen LogP contribution in [-0.4, -0.2) is 47.2 Å². The molecule has 0 unspecified atom stereocenters. The van der Waals surface area contributed by atoms with E-state index < -0.39 is 10.0 Å². The molecule has 2 bridgehead atoms. The summed E-state index contributed by atoms with van der Waals surface area (Å²) in [7, 11) is -1.71. The number of fused-ring (bicyclic) bond motifs is 1. The van der Waals surface area contributed by atoms with Crippen LogP contribution in [0.3, 0.4) is 0 Å². The van der Waals surface area contributed by atoms with Crippen molar-refractivity contribution in [3.63, 3.8) is 0 Å². The molecule has 1 saturated carbocycles. The fourth-order valence-electron chi connectivity index (χ4n) is 4.99. The molecular weight excluding hydrogens is 300 g/mol. The van der Waals surface area contributed by atoms with Crippen LogP contribution in [0.25, 0.3) is 0 Å². The Hall–Kier alpha value is -0.920. The third-order valence-corrected chi connectivity index (χ3v) is 7.93. The van der Waals surface area contributed by atoms with Crippen molar-refractivity contribution in [2.75, 3.05) is 6.54 Å². The number of sulfonamides is 1. The monoisotopic (exact) mass is 324 g/mol. The Morgan fingerprint density at radius 1 is 1.41 bits per heavy atom. The Kier molecular flexibility index (Phi) is 3.03. The number of aryl methyl sites for hydroxylation is 2. The molecule has 0 spiro atoms. The number of hydrogen-bond donors (Lipinski definition) is 1. The van der Waals surface area contributed by atoms with Gasteiger partial charge in [-0.2, -0.15) is 9.40 Å². The minimum absolute atomic E-state index is 0.0738. The van der Waals surface area contributed by atoms with E-state index in [0.717, 1.165) is 19.3 Å². The Labute approximate surface area is 131 Å². The predicted octanol–water partition coefficient (Wildman–Crippen LogP) is 1.02. The number of piperidine rings is 1. The van der Waals surface area contributed by atoms with Gasteiger partial charge >= 0.3 is 0 Å². The highest BCUT2D eigenvalue weighted by molar-refractivity contribution is 7.89. The summed E-state index contributed by atoms with van der Waals surface area (Å²) in [5, 5.41) is 7.89. The van der Waals surface area contributed by atoms with Crippen LogP contribution >= 0.6 is 0 Å². The summed E-state index contributed by atoms with van der Waals surface area (Å²) in [6.45, 7) is 4.63. The zero-order valence-corrected chi connectivity index (χ0v) is 14.2. The van der Waals surface area contributed by atoms with Crippen LogP contribution in [0.1, 0.15) is 38.3 Å². The summed E-state index contributed by atoms with van der Waals surface area (Å²) in [6, 6.07) is 0.865. The maximum absolute atomic E-state index is 13.2. The Balaban J connectivity index is 1.78. The van der Waals surface area contributed by atoms with Crippen molar-refractivity contribution >= 4 is 10.0 Å². The molecule has 4 rings (SSSR count). The molecular formula is C15H24N4O2S. The first-order chi connectivity index (χ1) is 10.3. The van der Waals surface area contributed by atoms with Gasteiger partial charge < -0.3 is 5.32 Å². The highest BCUT2D eigenvalue weighted by Gasteiger charge is 2.58. The first-order valence-corrected chi connectivity index (χ1v) is 9.54. The number of nitrogens with zero attached hydrogens (tertiary/aromatic N) is 3. The van der Waals surface area contributed by atoms with Gasteiger partial charge in [-0.3, -0.25) is 4.68 Å². The average molecular weight is 324 g/mol. The molecule has 22 heavy (non-hydrogen) atoms. The molecule has 3 fully saturated rings. The van der Waals surface area contributed by atoms with Gasteiger partial charge in [-0.1, -0.05) is 13.3 Å². The minimum atomic E-state index is -3.48. The van der Waals surface area contributed by atoms with Gasteiger partial charge in [0.1, 0.15) is 4.90 Å². The van der Waals surface area contributed by atoms with Crippen molar-refractivity contribution in [2.45, 2.75) is 62.6 Å². The van der Waals surface area contributed by atoms with Crippen LogP contribution < -0.4 is 5.32 Å². The minimum Gasteiger partial charge on any atom is -0.309 e. The lowest BCUT2D eigenvalue weighted by Gasteiger charge is -2.49. The number of nitrogens with one attached hydrogen (secondary N) is 1. The van der Waals surface area contributed by atoms with Crippen molar-refractivity contribution in [1.82, 2.24) is 19.4 Å². The molecule has 122 valence electrons. The molecule has 7 heteroatoms. The Morgan fingerprint density at radius 2 is 2.18 bits per heavy atom. The zero-order chi connectivity index (χ0) is 15.7. The van der Waals surface area contributed by atoms with Crippen LogP contribution in [0.5, 0.6) is 0 Å². The molecule has 3 aliphatic rings. The molecule has 1 N–H and O–H groups in total. The van der Waals surface area contributed by atoms with Crippen molar-refractivity contribution in [1.29, 1.82) is 0 Å². The van der Waals surface area contributed by atoms with Gasteiger partial charge in [-0.25, -0.2) is 8.42 Å². The molecule has 0 radical (unpaired) electrons. The summed E-state index contributed by atoms with van der Waals surface area (Å²) >= 11 is 0. The largest absolute Gasteiger partial charge is 0.309 e. The summed E-state index contributed by atoms with van der Waals surface area (Å²) in [4.78, 5) is 0.363. The van der Waals surface area contributed by atoms with Crippen LogP contribution in [0.2, 0.25) is 0 Å². The highest BCUT2D eigenvalue weighted by atomic mass is 32.2. The van der Waals surface area contributed by atoms with E-state index in [2.05, 4.69) is 17.3 Å². The number of aromatic nitrogens is 2. The van der Waals surface area contributed by atoms with E-state index in [9.17, 15) is 8.42 Å². The summed E-state index contributed by atoms with van der Waals surface area (Å²) in [6.07, 6.45) is 5.98. The second-order valence-corrected chi connectivity index (χ2v) is 9.26. The van der Waals surface area contributed by atoms with Gasteiger partial charge in [0, 0.05) is 43.3 Å². The molecule has 2 saturated heterocycles. The summed E-state index contributed by atoms with van der Waals surface area (Å²) in [5.41, 5.74) is 0.663. The Bertz CT molecular complexity index is 713. The van der Waals surface area contributed by atoms with E-state index in [0.29, 0.717) is 23.2 Å². The second kappa shape index (κ2) is 4.55. The topological polar surface area (TPSA) is 67.2 Å². The molecule has 0 aromatic carbocycles. The summed E-state index contributed by atoms with van der Waals surface area (Å²) in [5.74, 6) is 0. The molecule has 4 atom stereocenters. The average Bonchev–Trinajstić information content (AvgIpc) is 2.95. The first kappa shape index (κ1) is 14.7. The molecule has 1 aromatic rings. The van der Waals surface area contributed by atoms with E-state index in [1.807, 2.05) is 0 Å². The molecule has 1 aromatic heterocycles. The van der Waals surface area contributed by atoms with Gasteiger partial charge in [0.25, 0.3) is 0 Å². The van der Waals surface area contributed by atoms with E-state index in [1.54, 1.807) is 29.2 Å². The van der Waals surface area contributed by atoms with Gasteiger partial charge in [-0.05, 0) is 26.2 Å². The fourth-order valence-corrected chi connectivity index (χ4v) is 7.00. The number of rotatable bonds is 2. The quantitative estimate of drug-likeness (QED) is 0.882. The third kappa shape index (κ3) is 1.85. The van der Waals surface area contributed by atoms with E-state index in [-0.39, 0.29) is 17.5 Å². The van der Waals surface area contributed by atoms with Gasteiger partial charge in [-0.15, -0.1) is 0 Å². The normalized spacial score (nSPS) is 38.4. The molecule has 1 aliphatic carbocycles. The Morgan fingerprint density at radius 3 is 2.86 bits per heavy atom. The van der Waals surface area contributed by atoms with Crippen LogP contribution in [-0.2, 0) is 17.1 Å². The van der Waals surface area contributed by atoms with Crippen molar-refractivity contribution < 1.29 is 8.42 Å². The first-order valence-electron chi connectivity index (χ1n) is 8.10. The summed E-state index contributed by atoms with van der Waals surface area (Å²) < 4.78 is 29.8. The zero-order valence-electron chi connectivity index (χ0n) is 13.4. The third-order valence-electron chi connectivity index (χ3n) is 5.95. The van der Waals surface area contributed by atoms with E-state index in [1.165, 1.54) is 6.42 Å². The molecule has 6 nitrogen and oxygen atoms in total. The second-order valence-electron chi connectivity index (χ2n) is 7.40. The maximum atomic E-state index is 13.2. The molecule has 2 aliphatic heterocycles. The van der Waals surface area contributed by atoms with Crippen molar-refractivity contribution in [2.24, 2.45) is 12.5 Å². The SMILES string of the molecule is Cc1nn(C)cc1S(=O)(=O)N1C[C@@H]2C[C@@]3(C)[C@H](CCC[C@@H]13)N2. The number of hydrogen-bond acceptors (Lipinski definition) is 4. The van der Waals surface area contributed by atoms with Crippen LogP contribution in [0.4, 0.5) is 0 Å². The van der Waals surface area contributed by atoms with Crippen molar-refractivity contribution in [3.8, 4) is 0 Å². The lowest BCUT2D eigenvalue weighted by atomic mass is 9.67. The maximum Gasteiger partial charge on any atom is 0.246 e. The smallest absolute Gasteiger partial charge is 0.246 e. The lowest BCUT2D eigenvalue weighted by molar-refractivity contribution is 0.0639.